The van der Waals surface area contributed by atoms with Crippen LogP contribution in [0.5, 0.6) is 0 Å². The zero-order valence-electron chi connectivity index (χ0n) is 19.2. The molecule has 1 N–H and O–H groups in total. The fourth-order valence-corrected chi connectivity index (χ4v) is 3.91. The van der Waals surface area contributed by atoms with E-state index in [0.717, 1.165) is 39.3 Å². The lowest BCUT2D eigenvalue weighted by molar-refractivity contribution is -0.137. The molecule has 0 fully saturated rings. The molecule has 0 bridgehead atoms. The van der Waals surface area contributed by atoms with Crippen LogP contribution in [0.3, 0.4) is 0 Å². The van der Waals surface area contributed by atoms with Crippen LogP contribution in [0.15, 0.2) is 66.4 Å². The van der Waals surface area contributed by atoms with Gasteiger partial charge >= 0.3 is 6.18 Å². The van der Waals surface area contributed by atoms with Gasteiger partial charge < -0.3 is 5.32 Å². The van der Waals surface area contributed by atoms with Crippen LogP contribution in [0.1, 0.15) is 33.4 Å². The lowest BCUT2D eigenvalue weighted by Gasteiger charge is -2.18. The highest BCUT2D eigenvalue weighted by molar-refractivity contribution is 6.46. The molecule has 4 nitrogen and oxygen atoms in total. The molecule has 0 saturated carbocycles. The second-order valence-corrected chi connectivity index (χ2v) is 8.49. The third kappa shape index (κ3) is 4.21. The lowest BCUT2D eigenvalue weighted by Crippen LogP contribution is -2.33. The molecule has 1 aliphatic heterocycles. The summed E-state index contributed by atoms with van der Waals surface area (Å²) in [6.07, 6.45) is -4.54. The van der Waals surface area contributed by atoms with Gasteiger partial charge in [0.05, 0.1) is 16.8 Å². The number of halogens is 3. The van der Waals surface area contributed by atoms with E-state index in [-0.39, 0.29) is 17.0 Å². The van der Waals surface area contributed by atoms with Crippen molar-refractivity contribution in [1.29, 1.82) is 0 Å². The monoisotopic (exact) mass is 464 g/mol. The molecule has 34 heavy (non-hydrogen) atoms. The normalized spacial score (nSPS) is 14.3. The molecule has 7 heteroatoms. The predicted octanol–water partition coefficient (Wildman–Crippen LogP) is 6.34. The van der Waals surface area contributed by atoms with Gasteiger partial charge in [0.1, 0.15) is 5.70 Å². The molecule has 1 heterocycles. The first-order valence-electron chi connectivity index (χ1n) is 10.7. The Morgan fingerprint density at radius 2 is 1.47 bits per heavy atom. The van der Waals surface area contributed by atoms with Gasteiger partial charge in [0.25, 0.3) is 11.8 Å². The van der Waals surface area contributed by atoms with Gasteiger partial charge in [-0.1, -0.05) is 36.4 Å². The van der Waals surface area contributed by atoms with E-state index in [2.05, 4.69) is 5.32 Å². The molecule has 0 aromatic heterocycles. The van der Waals surface area contributed by atoms with Crippen LogP contribution in [0.4, 0.5) is 24.5 Å². The fourth-order valence-electron chi connectivity index (χ4n) is 3.91. The molecule has 0 radical (unpaired) electrons. The summed E-state index contributed by atoms with van der Waals surface area (Å²) in [5.74, 6) is -1.15. The smallest absolute Gasteiger partial charge is 0.350 e. The minimum Gasteiger partial charge on any atom is -0.350 e. The molecular weight excluding hydrogens is 441 g/mol. The van der Waals surface area contributed by atoms with Gasteiger partial charge in [0.2, 0.25) is 0 Å². The Balaban J connectivity index is 1.87. The Labute approximate surface area is 195 Å². The number of alkyl halides is 3. The quantitative estimate of drug-likeness (QED) is 0.459. The van der Waals surface area contributed by atoms with Gasteiger partial charge in [0.15, 0.2) is 0 Å². The van der Waals surface area contributed by atoms with Crippen LogP contribution in [0.2, 0.25) is 0 Å². The van der Waals surface area contributed by atoms with Gasteiger partial charge in [-0.05, 0) is 79.8 Å². The zero-order chi connectivity index (χ0) is 24.8. The number of aryl methyl sites for hydroxylation is 4. The maximum atomic E-state index is 13.6. The Bertz CT molecular complexity index is 1360. The van der Waals surface area contributed by atoms with Crippen molar-refractivity contribution in [2.75, 3.05) is 10.2 Å². The Morgan fingerprint density at radius 1 is 0.765 bits per heavy atom. The summed E-state index contributed by atoms with van der Waals surface area (Å²) >= 11 is 0. The van der Waals surface area contributed by atoms with E-state index in [1.165, 1.54) is 12.1 Å². The number of nitrogens with one attached hydrogen (secondary N) is 1. The Hall–Kier alpha value is -3.87. The van der Waals surface area contributed by atoms with E-state index in [1.807, 2.05) is 39.0 Å². The number of rotatable bonds is 4. The minimum atomic E-state index is -4.54. The van der Waals surface area contributed by atoms with Crippen molar-refractivity contribution in [3.05, 3.63) is 99.7 Å². The van der Waals surface area contributed by atoms with E-state index in [4.69, 9.17) is 0 Å². The van der Waals surface area contributed by atoms with Crippen molar-refractivity contribution in [1.82, 2.24) is 0 Å². The predicted molar refractivity (Wildman–Crippen MR) is 126 cm³/mol. The van der Waals surface area contributed by atoms with Crippen LogP contribution in [0, 0.1) is 27.7 Å². The SMILES string of the molecule is Cc1ccc(C)c(N2C(=O)C(Nc3cccc(C(F)(F)F)c3)=C(c3ccc(C)c(C)c3)C2=O)c1. The van der Waals surface area contributed by atoms with Crippen molar-refractivity contribution < 1.29 is 22.8 Å². The van der Waals surface area contributed by atoms with Gasteiger partial charge in [-0.2, -0.15) is 13.2 Å². The highest BCUT2D eigenvalue weighted by Crippen LogP contribution is 2.37. The summed E-state index contributed by atoms with van der Waals surface area (Å²) in [7, 11) is 0. The summed E-state index contributed by atoms with van der Waals surface area (Å²) < 4.78 is 39.7. The van der Waals surface area contributed by atoms with E-state index in [0.29, 0.717) is 11.3 Å². The summed E-state index contributed by atoms with van der Waals surface area (Å²) in [4.78, 5) is 28.3. The van der Waals surface area contributed by atoms with Crippen LogP contribution < -0.4 is 10.2 Å². The number of amides is 2. The van der Waals surface area contributed by atoms with Gasteiger partial charge in [-0.25, -0.2) is 4.90 Å². The number of nitrogens with zero attached hydrogens (tertiary/aromatic N) is 1. The van der Waals surface area contributed by atoms with Crippen molar-refractivity contribution in [3.63, 3.8) is 0 Å². The second-order valence-electron chi connectivity index (χ2n) is 8.49. The first-order chi connectivity index (χ1) is 16.0. The van der Waals surface area contributed by atoms with Gasteiger partial charge in [0, 0.05) is 5.69 Å². The van der Waals surface area contributed by atoms with E-state index >= 15 is 0 Å². The zero-order valence-corrected chi connectivity index (χ0v) is 19.2. The van der Waals surface area contributed by atoms with Crippen LogP contribution >= 0.6 is 0 Å². The summed E-state index contributed by atoms with van der Waals surface area (Å²) in [5, 5.41) is 2.82. The van der Waals surface area contributed by atoms with Crippen LogP contribution in [0.25, 0.3) is 5.57 Å². The Morgan fingerprint density at radius 3 is 2.15 bits per heavy atom. The molecule has 0 saturated heterocycles. The van der Waals surface area contributed by atoms with E-state index in [9.17, 15) is 22.8 Å². The summed E-state index contributed by atoms with van der Waals surface area (Å²) in [6, 6.07) is 15.4. The number of imide groups is 1. The van der Waals surface area contributed by atoms with Gasteiger partial charge in [-0.15, -0.1) is 0 Å². The van der Waals surface area contributed by atoms with Crippen LogP contribution in [-0.4, -0.2) is 11.8 Å². The molecule has 1 aliphatic rings. The average Bonchev–Trinajstić information content (AvgIpc) is 3.01. The number of anilines is 2. The minimum absolute atomic E-state index is 0.0616. The molecule has 0 unspecified atom stereocenters. The maximum absolute atomic E-state index is 13.6. The number of benzene rings is 3. The molecule has 0 atom stereocenters. The third-order valence-corrected chi connectivity index (χ3v) is 5.94. The van der Waals surface area contributed by atoms with Crippen molar-refractivity contribution in [2.24, 2.45) is 0 Å². The van der Waals surface area contributed by atoms with Crippen molar-refractivity contribution in [3.8, 4) is 0 Å². The number of carbonyl (C=O) groups is 2. The Kier molecular flexibility index (Phi) is 5.81. The first kappa shape index (κ1) is 23.3. The molecular formula is C27H23F3N2O2. The molecule has 0 aliphatic carbocycles. The standard InChI is InChI=1S/C27H23F3N2O2/c1-15-8-9-17(3)22(12-15)32-25(33)23(19-11-10-16(2)18(4)13-19)24(26(32)34)31-21-7-5-6-20(14-21)27(28,29)30/h5-14,31H,1-4H3. The largest absolute Gasteiger partial charge is 0.416 e. The van der Waals surface area contributed by atoms with Crippen molar-refractivity contribution in [2.45, 2.75) is 33.9 Å². The number of hydrogen-bond acceptors (Lipinski definition) is 3. The highest BCUT2D eigenvalue weighted by Gasteiger charge is 2.41. The topological polar surface area (TPSA) is 49.4 Å². The van der Waals surface area contributed by atoms with Crippen LogP contribution in [-0.2, 0) is 15.8 Å². The molecule has 2 amide bonds. The summed E-state index contributed by atoms with van der Waals surface area (Å²) in [5.41, 5.74) is 3.76. The highest BCUT2D eigenvalue weighted by atomic mass is 19.4. The van der Waals surface area contributed by atoms with Crippen molar-refractivity contribution >= 4 is 28.8 Å². The summed E-state index contributed by atoms with van der Waals surface area (Å²) in [6.45, 7) is 7.47. The number of carbonyl (C=O) groups excluding carboxylic acids is 2. The fraction of sp³-hybridized carbons (Fsp3) is 0.185. The van der Waals surface area contributed by atoms with Gasteiger partial charge in [-0.3, -0.25) is 9.59 Å². The van der Waals surface area contributed by atoms with E-state index < -0.39 is 23.6 Å². The molecule has 3 aromatic carbocycles. The van der Waals surface area contributed by atoms with E-state index in [1.54, 1.807) is 25.1 Å². The maximum Gasteiger partial charge on any atom is 0.416 e. The molecule has 4 rings (SSSR count). The molecule has 0 spiro atoms. The molecule has 3 aromatic rings. The number of hydrogen-bond donors (Lipinski definition) is 1. The molecule has 174 valence electrons. The second kappa shape index (κ2) is 8.48. The third-order valence-electron chi connectivity index (χ3n) is 5.94. The lowest BCUT2D eigenvalue weighted by atomic mass is 9.99. The average molecular weight is 464 g/mol. The first-order valence-corrected chi connectivity index (χ1v) is 10.7.